The van der Waals surface area contributed by atoms with Crippen LogP contribution in [0, 0.1) is 5.41 Å². The number of fused-ring (bicyclic) bond motifs is 1. The van der Waals surface area contributed by atoms with Crippen molar-refractivity contribution in [1.29, 1.82) is 0 Å². The van der Waals surface area contributed by atoms with E-state index in [1.807, 2.05) is 42.5 Å². The van der Waals surface area contributed by atoms with Gasteiger partial charge in [-0.25, -0.2) is 4.98 Å². The van der Waals surface area contributed by atoms with Crippen LogP contribution in [0.25, 0.3) is 33.4 Å². The quantitative estimate of drug-likeness (QED) is 0.271. The molecule has 6 nitrogen and oxygen atoms in total. The minimum atomic E-state index is -1.25. The molecule has 4 aromatic rings. The van der Waals surface area contributed by atoms with Crippen LogP contribution in [0.5, 0.6) is 5.88 Å². The van der Waals surface area contributed by atoms with Crippen molar-refractivity contribution in [1.82, 2.24) is 9.97 Å². The van der Waals surface area contributed by atoms with E-state index in [2.05, 4.69) is 29.2 Å². The van der Waals surface area contributed by atoms with Crippen LogP contribution in [0.15, 0.2) is 66.7 Å². The van der Waals surface area contributed by atoms with E-state index in [9.17, 15) is 15.0 Å². The molecule has 1 fully saturated rings. The highest BCUT2D eigenvalue weighted by molar-refractivity contribution is 6.33. The molecule has 0 amide bonds. The lowest BCUT2D eigenvalue weighted by Gasteiger charge is -2.44. The van der Waals surface area contributed by atoms with Gasteiger partial charge in [0.05, 0.1) is 32.8 Å². The molecule has 3 N–H and O–H groups in total. The number of benzene rings is 2. The van der Waals surface area contributed by atoms with Crippen LogP contribution in [0.3, 0.4) is 0 Å². The van der Waals surface area contributed by atoms with Crippen molar-refractivity contribution in [3.8, 4) is 28.3 Å². The van der Waals surface area contributed by atoms with Crippen molar-refractivity contribution in [3.63, 3.8) is 0 Å². The lowest BCUT2D eigenvalue weighted by Crippen LogP contribution is -2.52. The molecule has 0 atom stereocenters. The van der Waals surface area contributed by atoms with Crippen molar-refractivity contribution in [3.05, 3.63) is 71.8 Å². The number of ether oxygens (including phenoxy) is 1. The summed E-state index contributed by atoms with van der Waals surface area (Å²) in [6.07, 6.45) is 1.74. The van der Waals surface area contributed by atoms with E-state index in [1.165, 1.54) is 0 Å². The molecular weight excluding hydrogens is 476 g/mol. The van der Waals surface area contributed by atoms with Crippen LogP contribution in [-0.2, 0) is 4.79 Å². The number of halogens is 1. The van der Waals surface area contributed by atoms with E-state index in [1.54, 1.807) is 13.8 Å². The maximum absolute atomic E-state index is 11.6. The molecule has 186 valence electrons. The molecule has 1 saturated carbocycles. The van der Waals surface area contributed by atoms with E-state index < -0.39 is 17.0 Å². The summed E-state index contributed by atoms with van der Waals surface area (Å²) in [6.45, 7) is 3.16. The standard InChI is InChI=1S/C29H29ClN2O4/c1-28(2,27(33)34)29(35)14-12-21(13-15-29)36-25-17-24-23(31-25)16-22(30)26(32-24)20-10-8-19(9-11-20)18-6-4-3-5-7-18/h3-11,16-17,21,31,35H,12-15H2,1-2H3,(H,33,34)/t21-,29-. The topological polar surface area (TPSA) is 95.4 Å². The SMILES string of the molecule is CC(C)(C(=O)O)[C@]1(O)CC[C@H](Oc2cc3nc(-c4ccc(-c5ccccc5)cc4)c(Cl)cc3[nH]2)CC1. The Kier molecular flexibility index (Phi) is 6.27. The minimum Gasteiger partial charge on any atom is -0.481 e. The van der Waals surface area contributed by atoms with E-state index in [0.29, 0.717) is 42.3 Å². The van der Waals surface area contributed by atoms with Gasteiger partial charge in [0.15, 0.2) is 5.88 Å². The van der Waals surface area contributed by atoms with Crippen molar-refractivity contribution in [2.75, 3.05) is 0 Å². The second kappa shape index (κ2) is 9.26. The smallest absolute Gasteiger partial charge is 0.312 e. The van der Waals surface area contributed by atoms with Gasteiger partial charge in [-0.2, -0.15) is 0 Å². The van der Waals surface area contributed by atoms with Crippen LogP contribution >= 0.6 is 11.6 Å². The van der Waals surface area contributed by atoms with Gasteiger partial charge in [0.25, 0.3) is 0 Å². The van der Waals surface area contributed by atoms with Gasteiger partial charge in [0.2, 0.25) is 0 Å². The zero-order chi connectivity index (χ0) is 25.5. The molecule has 0 spiro atoms. The fraction of sp³-hybridized carbons (Fsp3) is 0.310. The number of carbonyl (C=O) groups is 1. The molecular formula is C29H29ClN2O4. The molecule has 1 aliphatic carbocycles. The molecule has 0 aliphatic heterocycles. The van der Waals surface area contributed by atoms with E-state index in [0.717, 1.165) is 27.7 Å². The summed E-state index contributed by atoms with van der Waals surface area (Å²) < 4.78 is 6.16. The number of nitrogens with zero attached hydrogens (tertiary/aromatic N) is 1. The van der Waals surface area contributed by atoms with Gasteiger partial charge in [0.1, 0.15) is 6.10 Å². The number of hydrogen-bond acceptors (Lipinski definition) is 4. The van der Waals surface area contributed by atoms with Crippen LogP contribution in [0.4, 0.5) is 0 Å². The van der Waals surface area contributed by atoms with Crippen LogP contribution < -0.4 is 4.74 Å². The second-order valence-electron chi connectivity index (χ2n) is 10.1. The molecule has 2 heterocycles. The molecule has 0 unspecified atom stereocenters. The number of nitrogens with one attached hydrogen (secondary N) is 1. The van der Waals surface area contributed by atoms with Crippen molar-refractivity contribution in [2.45, 2.75) is 51.2 Å². The minimum absolute atomic E-state index is 0.122. The molecule has 1 aliphatic rings. The zero-order valence-corrected chi connectivity index (χ0v) is 21.0. The summed E-state index contributed by atoms with van der Waals surface area (Å²) in [4.78, 5) is 19.6. The average Bonchev–Trinajstić information content (AvgIpc) is 3.26. The number of carboxylic acid groups (broad SMARTS) is 1. The van der Waals surface area contributed by atoms with Gasteiger partial charge in [0, 0.05) is 11.6 Å². The number of aromatic nitrogens is 2. The Morgan fingerprint density at radius 2 is 1.64 bits per heavy atom. The molecule has 0 saturated heterocycles. The summed E-state index contributed by atoms with van der Waals surface area (Å²) in [6, 6.07) is 22.1. The third kappa shape index (κ3) is 4.47. The van der Waals surface area contributed by atoms with Gasteiger partial charge in [-0.15, -0.1) is 0 Å². The van der Waals surface area contributed by atoms with Crippen LogP contribution in [-0.4, -0.2) is 37.9 Å². The van der Waals surface area contributed by atoms with Crippen molar-refractivity contribution in [2.24, 2.45) is 5.41 Å². The number of H-pyrrole nitrogens is 1. The number of hydrogen-bond donors (Lipinski definition) is 3. The Hall–Kier alpha value is -3.35. The Morgan fingerprint density at radius 1 is 1.03 bits per heavy atom. The Bertz CT molecular complexity index is 1390. The highest BCUT2D eigenvalue weighted by Crippen LogP contribution is 2.43. The van der Waals surface area contributed by atoms with Crippen LogP contribution in [0.2, 0.25) is 5.02 Å². The molecule has 5 rings (SSSR count). The summed E-state index contributed by atoms with van der Waals surface area (Å²) in [7, 11) is 0. The highest BCUT2D eigenvalue weighted by Gasteiger charge is 2.50. The van der Waals surface area contributed by atoms with Gasteiger partial charge in [-0.05, 0) is 56.7 Å². The highest BCUT2D eigenvalue weighted by atomic mass is 35.5. The fourth-order valence-corrected chi connectivity index (χ4v) is 5.17. The number of pyridine rings is 1. The van der Waals surface area contributed by atoms with E-state index >= 15 is 0 Å². The monoisotopic (exact) mass is 504 g/mol. The average molecular weight is 505 g/mol. The van der Waals surface area contributed by atoms with E-state index in [4.69, 9.17) is 21.3 Å². The normalized spacial score (nSPS) is 20.4. The second-order valence-corrected chi connectivity index (χ2v) is 10.5. The van der Waals surface area contributed by atoms with Gasteiger partial charge in [-0.1, -0.05) is 66.2 Å². The maximum Gasteiger partial charge on any atom is 0.312 e. The van der Waals surface area contributed by atoms with Crippen molar-refractivity contribution < 1.29 is 19.7 Å². The molecule has 2 aromatic carbocycles. The predicted molar refractivity (Wildman–Crippen MR) is 141 cm³/mol. The molecule has 7 heteroatoms. The summed E-state index contributed by atoms with van der Waals surface area (Å²) in [5.74, 6) is -0.411. The largest absolute Gasteiger partial charge is 0.481 e. The van der Waals surface area contributed by atoms with Gasteiger partial charge in [-0.3, -0.25) is 4.79 Å². The summed E-state index contributed by atoms with van der Waals surface area (Å²) >= 11 is 6.60. The van der Waals surface area contributed by atoms with Gasteiger partial charge >= 0.3 is 5.97 Å². The predicted octanol–water partition coefficient (Wildman–Crippen LogP) is 6.71. The molecule has 0 bridgehead atoms. The fourth-order valence-electron chi connectivity index (χ4n) is 4.91. The number of aliphatic carboxylic acids is 1. The number of aromatic amines is 1. The third-order valence-corrected chi connectivity index (χ3v) is 7.84. The summed E-state index contributed by atoms with van der Waals surface area (Å²) in [5, 5.41) is 21.0. The number of rotatable bonds is 6. The maximum atomic E-state index is 11.6. The lowest BCUT2D eigenvalue weighted by atomic mass is 9.66. The Morgan fingerprint density at radius 3 is 2.28 bits per heavy atom. The Balaban J connectivity index is 1.32. The summed E-state index contributed by atoms with van der Waals surface area (Å²) in [5.41, 5.74) is 2.97. The zero-order valence-electron chi connectivity index (χ0n) is 20.3. The first kappa shape index (κ1) is 24.3. The number of aliphatic hydroxyl groups is 1. The van der Waals surface area contributed by atoms with Crippen LogP contribution in [0.1, 0.15) is 39.5 Å². The first-order valence-electron chi connectivity index (χ1n) is 12.1. The molecule has 36 heavy (non-hydrogen) atoms. The van der Waals surface area contributed by atoms with Gasteiger partial charge < -0.3 is 19.9 Å². The molecule has 2 aromatic heterocycles. The molecule has 0 radical (unpaired) electrons. The first-order chi connectivity index (χ1) is 17.2. The first-order valence-corrected chi connectivity index (χ1v) is 12.5. The van der Waals surface area contributed by atoms with E-state index in [-0.39, 0.29) is 6.10 Å². The number of carboxylic acids is 1. The third-order valence-electron chi connectivity index (χ3n) is 7.55. The lowest BCUT2D eigenvalue weighted by molar-refractivity contribution is -0.171. The Labute approximate surface area is 214 Å². The van der Waals surface area contributed by atoms with Crippen molar-refractivity contribution >= 4 is 28.6 Å².